The second-order valence-electron chi connectivity index (χ2n) is 4.79. The molecule has 3 atom stereocenters. The van der Waals surface area contributed by atoms with Crippen molar-refractivity contribution < 1.29 is 22.0 Å². The van der Waals surface area contributed by atoms with Crippen molar-refractivity contribution in [3.05, 3.63) is 24.3 Å². The number of hydrogen-bond donors (Lipinski definition) is 1. The van der Waals surface area contributed by atoms with Gasteiger partial charge < -0.3 is 14.8 Å². The number of hydrogen-bond acceptors (Lipinski definition) is 6. The monoisotopic (exact) mass is 319 g/mol. The van der Waals surface area contributed by atoms with Gasteiger partial charge in [0.2, 0.25) is 4.49 Å². The molecule has 0 spiro atoms. The lowest BCUT2D eigenvalue weighted by molar-refractivity contribution is 0.0748. The smallest absolute Gasteiger partial charge is 0.354 e. The molecule has 0 amide bonds. The molecule has 1 saturated heterocycles. The number of rotatable bonds is 4. The molecule has 1 fully saturated rings. The van der Waals surface area contributed by atoms with Crippen LogP contribution in [0.4, 0.5) is 5.69 Å². The molecule has 1 aromatic carbocycles. The third kappa shape index (κ3) is 1.92. The lowest BCUT2D eigenvalue weighted by Gasteiger charge is -2.48. The average Bonchev–Trinajstić information content (AvgIpc) is 2.38. The van der Waals surface area contributed by atoms with E-state index in [0.717, 1.165) is 0 Å². The van der Waals surface area contributed by atoms with Crippen molar-refractivity contribution in [2.24, 2.45) is 0 Å². The fourth-order valence-electron chi connectivity index (χ4n) is 2.16. The van der Waals surface area contributed by atoms with E-state index in [1.54, 1.807) is 13.8 Å². The first-order valence-electron chi connectivity index (χ1n) is 6.22. The van der Waals surface area contributed by atoms with E-state index in [4.69, 9.17) is 14.8 Å². The maximum Gasteiger partial charge on any atom is 0.354 e. The molecule has 0 saturated carbocycles. The quantitative estimate of drug-likeness (QED) is 0.676. The Hall–Kier alpha value is -0.880. The molecule has 0 radical (unpaired) electrons. The van der Waals surface area contributed by atoms with Crippen molar-refractivity contribution >= 4 is 23.1 Å². The Morgan fingerprint density at radius 1 is 1.40 bits per heavy atom. The van der Waals surface area contributed by atoms with Crippen LogP contribution in [0.25, 0.3) is 0 Å². The molecule has 1 heterocycles. The van der Waals surface area contributed by atoms with Gasteiger partial charge in [-0.05, 0) is 45.0 Å². The zero-order valence-corrected chi connectivity index (χ0v) is 13.3. The number of nitrogens with two attached hydrogens (primary N) is 1. The highest BCUT2D eigenvalue weighted by Gasteiger charge is 2.70. The van der Waals surface area contributed by atoms with Crippen molar-refractivity contribution in [1.29, 1.82) is 0 Å². The van der Waals surface area contributed by atoms with E-state index in [1.165, 1.54) is 31.2 Å². The molecule has 8 heteroatoms. The van der Waals surface area contributed by atoms with E-state index in [0.29, 0.717) is 5.69 Å². The van der Waals surface area contributed by atoms with E-state index in [9.17, 15) is 13.0 Å². The maximum atomic E-state index is 12.8. The Labute approximate surface area is 118 Å². The Bertz CT molecular complexity index is 651. The summed E-state index contributed by atoms with van der Waals surface area (Å²) in [5.41, 5.74) is 6.01. The van der Waals surface area contributed by atoms with Crippen LogP contribution in [0.2, 0.25) is 0 Å². The molecular weight excluding hydrogens is 301 g/mol. The molecule has 112 valence electrons. The molecule has 2 rings (SSSR count). The molecule has 2 N–H and O–H groups in total. The first-order chi connectivity index (χ1) is 9.19. The van der Waals surface area contributed by atoms with Gasteiger partial charge in [0.1, 0.15) is 0 Å². The molecule has 3 unspecified atom stereocenters. The Kier molecular flexibility index (Phi) is 3.75. The minimum Gasteiger partial charge on any atom is -0.399 e. The van der Waals surface area contributed by atoms with Crippen LogP contribution in [-0.2, 0) is 23.4 Å². The zero-order chi connectivity index (χ0) is 15.2. The van der Waals surface area contributed by atoms with Gasteiger partial charge in [0.15, 0.2) is 9.84 Å². The molecule has 20 heavy (non-hydrogen) atoms. The maximum absolute atomic E-state index is 12.8. The second kappa shape index (κ2) is 4.84. The second-order valence-corrected chi connectivity index (χ2v) is 9.81. The minimum atomic E-state index is -3.87. The molecule has 0 aliphatic carbocycles. The fourth-order valence-corrected chi connectivity index (χ4v) is 7.31. The molecule has 0 aromatic heterocycles. The van der Waals surface area contributed by atoms with E-state index < -0.39 is 28.0 Å². The summed E-state index contributed by atoms with van der Waals surface area (Å²) in [5, 5.41) is 0. The molecule has 0 bridgehead atoms. The summed E-state index contributed by atoms with van der Waals surface area (Å²) in [6, 6.07) is 5.78. The predicted octanol–water partition coefficient (Wildman–Crippen LogP) is 2.41. The van der Waals surface area contributed by atoms with E-state index in [2.05, 4.69) is 0 Å². The highest BCUT2D eigenvalue weighted by Crippen LogP contribution is 2.74. The molecule has 1 aliphatic rings. The van der Waals surface area contributed by atoms with E-state index >= 15 is 0 Å². The third-order valence-electron chi connectivity index (χ3n) is 3.63. The Morgan fingerprint density at radius 3 is 2.40 bits per heavy atom. The standard InChI is InChI=1S/C12H18NO5PS/c1-4-17-19(14)12(3,9(2)18-19)20(15,16)11-7-5-10(13)6-8-11/h5-9H,4,13H2,1-3H3. The van der Waals surface area contributed by atoms with Crippen LogP contribution in [-0.4, -0.2) is 25.6 Å². The summed E-state index contributed by atoms with van der Waals surface area (Å²) in [6.45, 7) is 4.74. The number of nitrogen functional groups attached to an aromatic ring is 1. The van der Waals surface area contributed by atoms with Gasteiger partial charge in [0.25, 0.3) is 0 Å². The van der Waals surface area contributed by atoms with Crippen LogP contribution in [0.3, 0.4) is 0 Å². The van der Waals surface area contributed by atoms with Gasteiger partial charge in [-0.15, -0.1) is 0 Å². The van der Waals surface area contributed by atoms with Crippen LogP contribution in [0.15, 0.2) is 29.2 Å². The van der Waals surface area contributed by atoms with E-state index in [1.807, 2.05) is 0 Å². The Morgan fingerprint density at radius 2 is 1.95 bits per heavy atom. The molecule has 1 aromatic rings. The number of anilines is 1. The molecule has 6 nitrogen and oxygen atoms in total. The number of sulfone groups is 1. The first-order valence-corrected chi connectivity index (χ1v) is 9.25. The van der Waals surface area contributed by atoms with Crippen molar-refractivity contribution in [3.8, 4) is 0 Å². The summed E-state index contributed by atoms with van der Waals surface area (Å²) in [6.07, 6.45) is -0.706. The summed E-state index contributed by atoms with van der Waals surface area (Å²) in [5.74, 6) is 0. The topological polar surface area (TPSA) is 95.7 Å². The fraction of sp³-hybridized carbons (Fsp3) is 0.500. The minimum absolute atomic E-state index is 0.0595. The van der Waals surface area contributed by atoms with Gasteiger partial charge in [0, 0.05) is 5.69 Å². The van der Waals surface area contributed by atoms with Crippen LogP contribution >= 0.6 is 7.60 Å². The summed E-state index contributed by atoms with van der Waals surface area (Å²) < 4.78 is 46.8. The van der Waals surface area contributed by atoms with Gasteiger partial charge in [-0.1, -0.05) is 0 Å². The van der Waals surface area contributed by atoms with Crippen LogP contribution in [0.1, 0.15) is 20.8 Å². The van der Waals surface area contributed by atoms with Crippen molar-refractivity contribution in [3.63, 3.8) is 0 Å². The lowest BCUT2D eigenvalue weighted by Crippen LogP contribution is -2.55. The summed E-state index contributed by atoms with van der Waals surface area (Å²) in [4.78, 5) is 0.0595. The summed E-state index contributed by atoms with van der Waals surface area (Å²) >= 11 is 0. The van der Waals surface area contributed by atoms with Crippen molar-refractivity contribution in [2.75, 3.05) is 12.3 Å². The van der Waals surface area contributed by atoms with Gasteiger partial charge in [0.05, 0.1) is 17.6 Å². The average molecular weight is 319 g/mol. The van der Waals surface area contributed by atoms with Gasteiger partial charge in [-0.3, -0.25) is 4.57 Å². The summed E-state index contributed by atoms with van der Waals surface area (Å²) in [7, 11) is -7.56. The SMILES string of the molecule is CCOP1(=O)OC(C)C1(C)S(=O)(=O)c1ccc(N)cc1. The zero-order valence-electron chi connectivity index (χ0n) is 11.6. The molecular formula is C12H18NO5PS. The van der Waals surface area contributed by atoms with Gasteiger partial charge in [-0.2, -0.15) is 0 Å². The van der Waals surface area contributed by atoms with Gasteiger partial charge in [-0.25, -0.2) is 8.42 Å². The van der Waals surface area contributed by atoms with Crippen molar-refractivity contribution in [2.45, 2.75) is 36.3 Å². The van der Waals surface area contributed by atoms with Gasteiger partial charge >= 0.3 is 7.60 Å². The third-order valence-corrected chi connectivity index (χ3v) is 9.98. The van der Waals surface area contributed by atoms with E-state index in [-0.39, 0.29) is 11.5 Å². The molecule has 1 aliphatic heterocycles. The highest BCUT2D eigenvalue weighted by atomic mass is 32.2. The van der Waals surface area contributed by atoms with Crippen LogP contribution in [0, 0.1) is 0 Å². The van der Waals surface area contributed by atoms with Crippen molar-refractivity contribution in [1.82, 2.24) is 0 Å². The lowest BCUT2D eigenvalue weighted by atomic mass is 10.3. The normalized spacial score (nSPS) is 33.6. The Balaban J connectivity index is 2.52. The highest BCUT2D eigenvalue weighted by molar-refractivity contribution is 8.00. The number of benzene rings is 1. The predicted molar refractivity (Wildman–Crippen MR) is 76.2 cm³/mol. The largest absolute Gasteiger partial charge is 0.399 e. The van der Waals surface area contributed by atoms with Crippen LogP contribution < -0.4 is 5.73 Å². The van der Waals surface area contributed by atoms with Crippen LogP contribution in [0.5, 0.6) is 0 Å². The first kappa shape index (κ1) is 15.5.